The second kappa shape index (κ2) is 8.92. The summed E-state index contributed by atoms with van der Waals surface area (Å²) in [6.07, 6.45) is 7.81. The monoisotopic (exact) mass is 562 g/mol. The molecule has 2 heterocycles. The molecule has 0 unspecified atom stereocenters. The van der Waals surface area contributed by atoms with E-state index in [0.29, 0.717) is 5.56 Å². The predicted molar refractivity (Wildman–Crippen MR) is 157 cm³/mol. The molecule has 6 rings (SSSR count). The average Bonchev–Trinajstić information content (AvgIpc) is 3.04. The zero-order valence-corrected chi connectivity index (χ0v) is 25.7. The van der Waals surface area contributed by atoms with Crippen molar-refractivity contribution < 1.29 is 34.0 Å². The number of phenols is 2. The molecular formula is C34H42O7. The van der Waals surface area contributed by atoms with Crippen molar-refractivity contribution in [1.29, 1.82) is 0 Å². The average molecular weight is 563 g/mol. The smallest absolute Gasteiger partial charge is 0.205 e. The second-order valence-corrected chi connectivity index (χ2v) is 13.6. The van der Waals surface area contributed by atoms with Crippen molar-refractivity contribution in [3.8, 4) is 17.2 Å². The number of fused-ring (bicyclic) bond motifs is 1. The summed E-state index contributed by atoms with van der Waals surface area (Å²) >= 11 is 0. The van der Waals surface area contributed by atoms with Gasteiger partial charge in [0.1, 0.15) is 28.4 Å². The first-order valence-corrected chi connectivity index (χ1v) is 14.2. The van der Waals surface area contributed by atoms with E-state index in [-0.39, 0.29) is 59.0 Å². The summed E-state index contributed by atoms with van der Waals surface area (Å²) < 4.78 is 19.7. The maximum atomic E-state index is 14.7. The number of phenolic OH excluding ortho intramolecular Hbond substituents is 2. The van der Waals surface area contributed by atoms with Crippen LogP contribution < -0.4 is 4.74 Å². The van der Waals surface area contributed by atoms with Gasteiger partial charge in [0, 0.05) is 41.6 Å². The largest absolute Gasteiger partial charge is 0.507 e. The molecule has 1 saturated carbocycles. The number of Topliss-reactive ketones (excluding diaryl/α,β-unsaturated/α-hetero) is 2. The lowest BCUT2D eigenvalue weighted by molar-refractivity contribution is -0.189. The van der Waals surface area contributed by atoms with Crippen LogP contribution in [0, 0.1) is 5.92 Å². The van der Waals surface area contributed by atoms with E-state index in [4.69, 9.17) is 14.2 Å². The number of hydrogen-bond donors (Lipinski definition) is 2. The number of aromatic hydroxyl groups is 2. The van der Waals surface area contributed by atoms with Gasteiger partial charge < -0.3 is 24.4 Å². The Hall–Kier alpha value is -3.16. The van der Waals surface area contributed by atoms with Gasteiger partial charge in [-0.15, -0.1) is 6.58 Å². The third-order valence-corrected chi connectivity index (χ3v) is 9.67. The first-order valence-electron chi connectivity index (χ1n) is 14.2. The number of ketones is 2. The lowest BCUT2D eigenvalue weighted by atomic mass is 9.49. The Labute approximate surface area is 242 Å². The zero-order chi connectivity index (χ0) is 30.5. The molecule has 220 valence electrons. The fourth-order valence-corrected chi connectivity index (χ4v) is 7.47. The SMILES string of the molecule is C=CC(C)(C)c1c(O)c(CC=C(C)C)c2c(c1O)C(=O)C1=C[C@@]3(OC)C[C@H]4C(C)(C)O[C@](CC=C(C)C)(C3=O)[C@]14O2. The second-order valence-electron chi connectivity index (χ2n) is 13.6. The van der Waals surface area contributed by atoms with Gasteiger partial charge in [-0.3, -0.25) is 9.59 Å². The third kappa shape index (κ3) is 3.58. The maximum absolute atomic E-state index is 14.7. The van der Waals surface area contributed by atoms with Crippen molar-refractivity contribution in [2.45, 2.75) is 102 Å². The molecule has 0 radical (unpaired) electrons. The van der Waals surface area contributed by atoms with Crippen molar-refractivity contribution in [2.75, 3.05) is 7.11 Å². The first-order chi connectivity index (χ1) is 19.0. The molecule has 1 aromatic carbocycles. The fourth-order valence-electron chi connectivity index (χ4n) is 7.47. The molecule has 5 aliphatic rings. The van der Waals surface area contributed by atoms with E-state index in [1.54, 1.807) is 12.2 Å². The minimum atomic E-state index is -1.55. The van der Waals surface area contributed by atoms with Crippen LogP contribution >= 0.6 is 0 Å². The Kier molecular flexibility index (Phi) is 6.38. The fraction of sp³-hybridized carbons (Fsp3) is 0.529. The minimum absolute atomic E-state index is 0.0254. The van der Waals surface area contributed by atoms with Crippen LogP contribution in [0.3, 0.4) is 0 Å². The van der Waals surface area contributed by atoms with Crippen LogP contribution in [0.15, 0.2) is 47.6 Å². The van der Waals surface area contributed by atoms with E-state index in [9.17, 15) is 19.8 Å². The number of methoxy groups -OCH3 is 1. The minimum Gasteiger partial charge on any atom is -0.507 e. The molecule has 4 atom stereocenters. The summed E-state index contributed by atoms with van der Waals surface area (Å²) in [5.74, 6) is -1.58. The van der Waals surface area contributed by atoms with Gasteiger partial charge in [-0.2, -0.15) is 0 Å². The molecule has 4 bridgehead atoms. The van der Waals surface area contributed by atoms with Gasteiger partial charge in [-0.1, -0.05) is 43.2 Å². The molecule has 0 aromatic heterocycles. The molecule has 7 heteroatoms. The third-order valence-electron chi connectivity index (χ3n) is 9.67. The summed E-state index contributed by atoms with van der Waals surface area (Å²) in [6, 6.07) is 0. The van der Waals surface area contributed by atoms with Crippen molar-refractivity contribution in [1.82, 2.24) is 0 Å². The summed E-state index contributed by atoms with van der Waals surface area (Å²) in [5, 5.41) is 23.4. The van der Waals surface area contributed by atoms with Crippen LogP contribution in [-0.4, -0.2) is 51.3 Å². The van der Waals surface area contributed by atoms with Crippen LogP contribution in [0.4, 0.5) is 0 Å². The number of carbonyl (C=O) groups excluding carboxylic acids is 2. The Morgan fingerprint density at radius 2 is 1.76 bits per heavy atom. The Morgan fingerprint density at radius 1 is 1.12 bits per heavy atom. The molecule has 1 saturated heterocycles. The van der Waals surface area contributed by atoms with Crippen molar-refractivity contribution in [3.05, 3.63) is 64.3 Å². The molecule has 41 heavy (non-hydrogen) atoms. The normalized spacial score (nSPS) is 30.7. The van der Waals surface area contributed by atoms with E-state index in [2.05, 4.69) is 6.58 Å². The molecule has 1 aromatic rings. The molecular weight excluding hydrogens is 520 g/mol. The quantitative estimate of drug-likeness (QED) is 0.381. The van der Waals surface area contributed by atoms with E-state index in [1.807, 2.05) is 67.5 Å². The van der Waals surface area contributed by atoms with E-state index in [0.717, 1.165) is 11.1 Å². The highest BCUT2D eigenvalue weighted by molar-refractivity contribution is 6.19. The maximum Gasteiger partial charge on any atom is 0.205 e. The number of benzene rings is 1. The lowest BCUT2D eigenvalue weighted by Crippen LogP contribution is -2.77. The van der Waals surface area contributed by atoms with Crippen LogP contribution in [0.5, 0.6) is 17.2 Å². The topological polar surface area (TPSA) is 102 Å². The molecule has 7 nitrogen and oxygen atoms in total. The van der Waals surface area contributed by atoms with Crippen LogP contribution in [-0.2, 0) is 26.1 Å². The van der Waals surface area contributed by atoms with Gasteiger partial charge in [0.2, 0.25) is 5.78 Å². The summed E-state index contributed by atoms with van der Waals surface area (Å²) in [7, 11) is 1.48. The number of carbonyl (C=O) groups is 2. The highest BCUT2D eigenvalue weighted by Gasteiger charge is 2.84. The highest BCUT2D eigenvalue weighted by Crippen LogP contribution is 2.70. The van der Waals surface area contributed by atoms with Gasteiger partial charge in [0.15, 0.2) is 17.0 Å². The molecule has 2 aliphatic heterocycles. The Morgan fingerprint density at radius 3 is 2.32 bits per heavy atom. The number of ether oxygens (including phenoxy) is 3. The van der Waals surface area contributed by atoms with E-state index >= 15 is 0 Å². The van der Waals surface area contributed by atoms with Gasteiger partial charge >= 0.3 is 0 Å². The summed E-state index contributed by atoms with van der Waals surface area (Å²) in [4.78, 5) is 29.2. The Balaban J connectivity index is 1.92. The van der Waals surface area contributed by atoms with Gasteiger partial charge in [-0.05, 0) is 60.5 Å². The highest BCUT2D eigenvalue weighted by atomic mass is 16.6. The van der Waals surface area contributed by atoms with Crippen LogP contribution in [0.2, 0.25) is 0 Å². The zero-order valence-electron chi connectivity index (χ0n) is 25.7. The van der Waals surface area contributed by atoms with Gasteiger partial charge in [0.05, 0.1) is 5.60 Å². The molecule has 3 aliphatic carbocycles. The Bertz CT molecular complexity index is 1480. The number of allylic oxidation sites excluding steroid dienone is 4. The van der Waals surface area contributed by atoms with E-state index in [1.165, 1.54) is 7.11 Å². The first kappa shape index (κ1) is 29.3. The van der Waals surface area contributed by atoms with Crippen molar-refractivity contribution in [3.63, 3.8) is 0 Å². The molecule has 0 amide bonds. The van der Waals surface area contributed by atoms with E-state index < -0.39 is 39.5 Å². The molecule has 2 fully saturated rings. The molecule has 2 N–H and O–H groups in total. The summed E-state index contributed by atoms with van der Waals surface area (Å²) in [6.45, 7) is 19.1. The number of hydrogen-bond acceptors (Lipinski definition) is 7. The summed E-state index contributed by atoms with van der Waals surface area (Å²) in [5.41, 5.74) is -3.30. The standard InChI is InChI=1S/C34H42O7/c1-11-30(6,7)24-25(35)20(13-12-18(2)3)28-23(27(24)37)26(36)21-16-32(39-10)17-22-31(8,9)41-33(29(32)38,15-14-19(4)5)34(21,22)40-28/h11-12,14,16,22,35,37H,1,13,15,17H2,2-10H3/t22-,32+,33+,34-/m0/s1. The lowest BCUT2D eigenvalue weighted by Gasteiger charge is -2.59. The van der Waals surface area contributed by atoms with Gasteiger partial charge in [-0.25, -0.2) is 0 Å². The van der Waals surface area contributed by atoms with Crippen molar-refractivity contribution >= 4 is 11.6 Å². The number of rotatable bonds is 7. The predicted octanol–water partition coefficient (Wildman–Crippen LogP) is 6.20. The van der Waals surface area contributed by atoms with Crippen LogP contribution in [0.25, 0.3) is 0 Å². The van der Waals surface area contributed by atoms with Gasteiger partial charge in [0.25, 0.3) is 0 Å². The molecule has 1 spiro atoms. The van der Waals surface area contributed by atoms with Crippen LogP contribution in [0.1, 0.15) is 89.7 Å². The van der Waals surface area contributed by atoms with Crippen molar-refractivity contribution in [2.24, 2.45) is 5.92 Å².